The predicted molar refractivity (Wildman–Crippen MR) is 51.0 cm³/mol. The van der Waals surface area contributed by atoms with Crippen LogP contribution < -0.4 is 11.1 Å². The number of carboxylic acid groups (broad SMARTS) is 1. The van der Waals surface area contributed by atoms with E-state index in [1.807, 2.05) is 0 Å². The topological polar surface area (TPSA) is 174 Å². The van der Waals surface area contributed by atoms with E-state index in [0.717, 1.165) is 0 Å². The Bertz CT molecular complexity index is 276. The van der Waals surface area contributed by atoms with Gasteiger partial charge in [-0.3, -0.25) is 19.3 Å². The summed E-state index contributed by atoms with van der Waals surface area (Å²) >= 11 is 0. The van der Waals surface area contributed by atoms with E-state index in [1.54, 1.807) is 0 Å². The largest absolute Gasteiger partial charge is 0.481 e. The molecular formula is C5H13N3O6S. The van der Waals surface area contributed by atoms with Gasteiger partial charge in [-0.25, -0.2) is 0 Å². The minimum atomic E-state index is -4.67. The molecular weight excluding hydrogens is 230 g/mol. The smallest absolute Gasteiger partial charge is 0.394 e. The van der Waals surface area contributed by atoms with Gasteiger partial charge < -0.3 is 16.2 Å². The van der Waals surface area contributed by atoms with Crippen LogP contribution in [0, 0.1) is 5.41 Å². The van der Waals surface area contributed by atoms with Crippen molar-refractivity contribution in [3.8, 4) is 0 Å². The number of hydrogen-bond acceptors (Lipinski definition) is 4. The third kappa shape index (κ3) is 45.1. The summed E-state index contributed by atoms with van der Waals surface area (Å²) in [5.74, 6) is -0.948. The van der Waals surface area contributed by atoms with Crippen LogP contribution in [0.5, 0.6) is 0 Å². The highest BCUT2D eigenvalue weighted by Gasteiger charge is 1.94. The van der Waals surface area contributed by atoms with Crippen molar-refractivity contribution in [2.45, 2.75) is 12.8 Å². The second-order valence-electron chi connectivity index (χ2n) is 2.29. The number of carboxylic acids is 1. The van der Waals surface area contributed by atoms with Crippen LogP contribution in [0.1, 0.15) is 12.8 Å². The van der Waals surface area contributed by atoms with Gasteiger partial charge in [0.1, 0.15) is 0 Å². The number of hydrogen-bond donors (Lipinski definition) is 6. The maximum atomic E-state index is 9.93. The van der Waals surface area contributed by atoms with Crippen molar-refractivity contribution in [3.05, 3.63) is 0 Å². The standard InChI is InChI=1S/C5H11N3O2.H2O4S/c6-5(7)8-3-1-2-4(9)10;1-5(2,3)4/h1-3H2,(H,9,10)(H4,6,7,8);(H2,1,2,3,4). The molecule has 0 saturated heterocycles. The maximum Gasteiger partial charge on any atom is 0.394 e. The number of guanidine groups is 1. The Labute approximate surface area is 86.4 Å². The number of rotatable bonds is 4. The summed E-state index contributed by atoms with van der Waals surface area (Å²) in [5.41, 5.74) is 4.93. The fraction of sp³-hybridized carbons (Fsp3) is 0.600. The van der Waals surface area contributed by atoms with Crippen LogP contribution in [0.2, 0.25) is 0 Å². The average molecular weight is 243 g/mol. The first-order chi connectivity index (χ1) is 6.63. The molecule has 0 fully saturated rings. The van der Waals surface area contributed by atoms with Crippen molar-refractivity contribution >= 4 is 22.3 Å². The Hall–Kier alpha value is -1.39. The van der Waals surface area contributed by atoms with Crippen molar-refractivity contribution in [1.29, 1.82) is 5.41 Å². The van der Waals surface area contributed by atoms with Gasteiger partial charge in [-0.05, 0) is 6.42 Å². The normalized spacial score (nSPS) is 9.73. The lowest BCUT2D eigenvalue weighted by molar-refractivity contribution is -0.137. The summed E-state index contributed by atoms with van der Waals surface area (Å²) in [6.07, 6.45) is 0.606. The van der Waals surface area contributed by atoms with E-state index in [4.69, 9.17) is 33.8 Å². The number of nitrogens with two attached hydrogens (primary N) is 1. The Balaban J connectivity index is 0. The molecule has 0 aromatic carbocycles. The summed E-state index contributed by atoms with van der Waals surface area (Å²) < 4.78 is 31.6. The number of aliphatic carboxylic acids is 1. The molecule has 7 N–H and O–H groups in total. The van der Waals surface area contributed by atoms with E-state index in [-0.39, 0.29) is 12.4 Å². The highest BCUT2D eigenvalue weighted by Crippen LogP contribution is 1.84. The molecule has 90 valence electrons. The predicted octanol–water partition coefficient (Wildman–Crippen LogP) is -1.32. The maximum absolute atomic E-state index is 9.93. The van der Waals surface area contributed by atoms with Crippen molar-refractivity contribution in [2.24, 2.45) is 5.73 Å². The molecule has 0 aromatic heterocycles. The molecule has 0 spiro atoms. The second-order valence-corrected chi connectivity index (χ2v) is 3.18. The van der Waals surface area contributed by atoms with Crippen molar-refractivity contribution in [3.63, 3.8) is 0 Å². The van der Waals surface area contributed by atoms with Gasteiger partial charge in [-0.2, -0.15) is 8.42 Å². The molecule has 0 amide bonds. The van der Waals surface area contributed by atoms with Gasteiger partial charge in [0.15, 0.2) is 5.96 Å². The van der Waals surface area contributed by atoms with Crippen LogP contribution in [-0.2, 0) is 15.2 Å². The van der Waals surface area contributed by atoms with Crippen molar-refractivity contribution < 1.29 is 27.4 Å². The van der Waals surface area contributed by atoms with Crippen LogP contribution in [0.3, 0.4) is 0 Å². The van der Waals surface area contributed by atoms with Crippen LogP contribution in [0.15, 0.2) is 0 Å². The molecule has 0 bridgehead atoms. The molecule has 0 atom stereocenters. The first kappa shape index (κ1) is 16.1. The highest BCUT2D eigenvalue weighted by molar-refractivity contribution is 7.79. The van der Waals surface area contributed by atoms with Gasteiger partial charge in [0.25, 0.3) is 0 Å². The van der Waals surface area contributed by atoms with Crippen LogP contribution in [-0.4, -0.2) is 41.1 Å². The first-order valence-electron chi connectivity index (χ1n) is 3.62. The molecule has 0 aliphatic carbocycles. The summed E-state index contributed by atoms with van der Waals surface area (Å²) in [4.78, 5) is 9.93. The quantitative estimate of drug-likeness (QED) is 0.152. The van der Waals surface area contributed by atoms with Gasteiger partial charge in [-0.1, -0.05) is 0 Å². The Morgan fingerprint density at radius 3 is 2.07 bits per heavy atom. The lowest BCUT2D eigenvalue weighted by atomic mass is 10.3. The van der Waals surface area contributed by atoms with Crippen molar-refractivity contribution in [1.82, 2.24) is 5.32 Å². The summed E-state index contributed by atoms with van der Waals surface area (Å²) in [5, 5.41) is 17.4. The molecule has 0 aromatic rings. The Morgan fingerprint density at radius 1 is 1.40 bits per heavy atom. The summed E-state index contributed by atoms with van der Waals surface area (Å²) in [6, 6.07) is 0. The van der Waals surface area contributed by atoms with Gasteiger partial charge in [0, 0.05) is 13.0 Å². The fourth-order valence-electron chi connectivity index (χ4n) is 0.463. The first-order valence-corrected chi connectivity index (χ1v) is 5.02. The molecule has 0 heterocycles. The minimum absolute atomic E-state index is 0.111. The van der Waals surface area contributed by atoms with Gasteiger partial charge in [0.05, 0.1) is 0 Å². The van der Waals surface area contributed by atoms with Gasteiger partial charge >= 0.3 is 16.4 Å². The monoisotopic (exact) mass is 243 g/mol. The molecule has 0 saturated carbocycles. The molecule has 15 heavy (non-hydrogen) atoms. The zero-order valence-corrected chi connectivity index (χ0v) is 8.49. The van der Waals surface area contributed by atoms with Gasteiger partial charge in [0.2, 0.25) is 0 Å². The third-order valence-corrected chi connectivity index (χ3v) is 0.883. The molecule has 0 aliphatic rings. The fourth-order valence-corrected chi connectivity index (χ4v) is 0.463. The zero-order chi connectivity index (χ0) is 12.5. The summed E-state index contributed by atoms with van der Waals surface area (Å²) in [6.45, 7) is 0.446. The van der Waals surface area contributed by atoms with E-state index >= 15 is 0 Å². The lowest BCUT2D eigenvalue weighted by Gasteiger charge is -1.99. The van der Waals surface area contributed by atoms with E-state index in [0.29, 0.717) is 13.0 Å². The van der Waals surface area contributed by atoms with E-state index in [2.05, 4.69) is 5.32 Å². The Kier molecular flexibility index (Phi) is 8.52. The van der Waals surface area contributed by atoms with E-state index in [9.17, 15) is 4.79 Å². The minimum Gasteiger partial charge on any atom is -0.481 e. The number of carbonyl (C=O) groups is 1. The molecule has 0 radical (unpaired) electrons. The van der Waals surface area contributed by atoms with Crippen molar-refractivity contribution in [2.75, 3.05) is 6.54 Å². The SMILES string of the molecule is N=C(N)NCCCC(=O)O.O=S(=O)(O)O. The molecule has 10 heteroatoms. The lowest BCUT2D eigenvalue weighted by Crippen LogP contribution is -2.31. The number of nitrogens with one attached hydrogen (secondary N) is 2. The highest BCUT2D eigenvalue weighted by atomic mass is 32.3. The van der Waals surface area contributed by atoms with E-state index < -0.39 is 16.4 Å². The molecule has 0 aliphatic heterocycles. The van der Waals surface area contributed by atoms with E-state index in [1.165, 1.54) is 0 Å². The van der Waals surface area contributed by atoms with Crippen LogP contribution in [0.25, 0.3) is 0 Å². The van der Waals surface area contributed by atoms with Gasteiger partial charge in [-0.15, -0.1) is 0 Å². The zero-order valence-electron chi connectivity index (χ0n) is 7.67. The molecule has 0 unspecified atom stereocenters. The molecule has 0 rings (SSSR count). The third-order valence-electron chi connectivity index (χ3n) is 0.883. The molecule has 9 nitrogen and oxygen atoms in total. The second kappa shape index (κ2) is 7.96. The summed E-state index contributed by atoms with van der Waals surface area (Å²) in [7, 11) is -4.67. The Morgan fingerprint density at radius 2 is 1.80 bits per heavy atom. The van der Waals surface area contributed by atoms with Crippen LogP contribution in [0.4, 0.5) is 0 Å². The van der Waals surface area contributed by atoms with Crippen LogP contribution >= 0.6 is 0 Å². The average Bonchev–Trinajstić information content (AvgIpc) is 1.94.